The van der Waals surface area contributed by atoms with Gasteiger partial charge in [0.1, 0.15) is 11.6 Å². The summed E-state index contributed by atoms with van der Waals surface area (Å²) in [5.74, 6) is 1.01. The van der Waals surface area contributed by atoms with E-state index in [1.165, 1.54) is 12.1 Å². The predicted octanol–water partition coefficient (Wildman–Crippen LogP) is 1.50. The fourth-order valence-corrected chi connectivity index (χ4v) is 1.49. The lowest BCUT2D eigenvalue weighted by Gasteiger charge is -2.25. The summed E-state index contributed by atoms with van der Waals surface area (Å²) >= 11 is 0. The molecule has 0 saturated carbocycles. The van der Waals surface area contributed by atoms with Crippen LogP contribution in [0.4, 0.5) is 17.3 Å². The second kappa shape index (κ2) is 6.15. The number of likely N-dealkylation sites (N-methyl/N-ethyl adjacent to an activating group) is 1. The summed E-state index contributed by atoms with van der Waals surface area (Å²) in [4.78, 5) is 16.6. The minimum atomic E-state index is -0.430. The van der Waals surface area contributed by atoms with Crippen LogP contribution in [0.5, 0.6) is 0 Å². The number of hydrogen-bond donors (Lipinski definition) is 1. The molecule has 100 valence electrons. The average molecular weight is 254 g/mol. The first kappa shape index (κ1) is 14.2. The fraction of sp³-hybridized carbons (Fsp3) is 0.545. The van der Waals surface area contributed by atoms with E-state index in [0.717, 1.165) is 0 Å². The minimum absolute atomic E-state index is 0.0146. The van der Waals surface area contributed by atoms with Crippen molar-refractivity contribution in [3.8, 4) is 0 Å². The number of methoxy groups -OCH3 is 1. The molecule has 1 unspecified atom stereocenters. The van der Waals surface area contributed by atoms with Crippen LogP contribution in [0.3, 0.4) is 0 Å². The van der Waals surface area contributed by atoms with Gasteiger partial charge in [-0.3, -0.25) is 10.1 Å². The van der Waals surface area contributed by atoms with Crippen molar-refractivity contribution in [2.45, 2.75) is 13.0 Å². The van der Waals surface area contributed by atoms with Gasteiger partial charge in [0.25, 0.3) is 5.69 Å². The Balaban J connectivity index is 3.07. The lowest BCUT2D eigenvalue weighted by Crippen LogP contribution is -2.33. The molecule has 0 bridgehead atoms. The van der Waals surface area contributed by atoms with Crippen LogP contribution in [0.1, 0.15) is 6.92 Å². The lowest BCUT2D eigenvalue weighted by molar-refractivity contribution is -0.384. The largest absolute Gasteiger partial charge is 0.383 e. The van der Waals surface area contributed by atoms with Crippen molar-refractivity contribution in [1.82, 2.24) is 4.98 Å². The lowest BCUT2D eigenvalue weighted by atomic mass is 10.3. The van der Waals surface area contributed by atoms with Gasteiger partial charge in [-0.1, -0.05) is 0 Å². The summed E-state index contributed by atoms with van der Waals surface area (Å²) in [5, 5.41) is 13.7. The second-order valence-corrected chi connectivity index (χ2v) is 3.99. The molecule has 0 spiro atoms. The Morgan fingerprint density at radius 1 is 1.61 bits per heavy atom. The number of aromatic nitrogens is 1. The van der Waals surface area contributed by atoms with Gasteiger partial charge in [-0.05, 0) is 6.92 Å². The third kappa shape index (κ3) is 3.30. The van der Waals surface area contributed by atoms with Crippen molar-refractivity contribution in [3.63, 3.8) is 0 Å². The van der Waals surface area contributed by atoms with E-state index >= 15 is 0 Å². The summed E-state index contributed by atoms with van der Waals surface area (Å²) in [6, 6.07) is 2.93. The van der Waals surface area contributed by atoms with Gasteiger partial charge in [-0.15, -0.1) is 0 Å². The molecule has 0 fully saturated rings. The highest BCUT2D eigenvalue weighted by Gasteiger charge is 2.16. The SMILES string of the molecule is CNc1cc([N+](=O)[O-])cc(N(C)C(C)COC)n1. The average Bonchev–Trinajstić information content (AvgIpc) is 2.37. The van der Waals surface area contributed by atoms with Crippen LogP contribution in [0.15, 0.2) is 12.1 Å². The van der Waals surface area contributed by atoms with E-state index in [-0.39, 0.29) is 11.7 Å². The first-order valence-corrected chi connectivity index (χ1v) is 5.55. The molecule has 7 nitrogen and oxygen atoms in total. The molecule has 1 rings (SSSR count). The molecule has 1 atom stereocenters. The molecule has 1 heterocycles. The van der Waals surface area contributed by atoms with Crippen LogP contribution in [-0.4, -0.2) is 43.8 Å². The Kier molecular flexibility index (Phi) is 4.85. The molecule has 18 heavy (non-hydrogen) atoms. The summed E-state index contributed by atoms with van der Waals surface area (Å²) in [7, 11) is 5.12. The molecule has 1 aromatic heterocycles. The Labute approximate surface area is 106 Å². The molecule has 0 aliphatic heterocycles. The van der Waals surface area contributed by atoms with E-state index in [9.17, 15) is 10.1 Å². The van der Waals surface area contributed by atoms with Gasteiger partial charge in [0.2, 0.25) is 0 Å². The van der Waals surface area contributed by atoms with Crippen molar-refractivity contribution in [3.05, 3.63) is 22.2 Å². The smallest absolute Gasteiger partial charge is 0.276 e. The van der Waals surface area contributed by atoms with Crippen LogP contribution in [0.2, 0.25) is 0 Å². The van der Waals surface area contributed by atoms with Crippen molar-refractivity contribution >= 4 is 17.3 Å². The zero-order chi connectivity index (χ0) is 13.7. The van der Waals surface area contributed by atoms with E-state index in [4.69, 9.17) is 4.74 Å². The number of nitrogens with zero attached hydrogens (tertiary/aromatic N) is 3. The van der Waals surface area contributed by atoms with Gasteiger partial charge in [-0.25, -0.2) is 4.98 Å². The quantitative estimate of drug-likeness (QED) is 0.612. The molecular weight excluding hydrogens is 236 g/mol. The number of hydrogen-bond acceptors (Lipinski definition) is 6. The van der Waals surface area contributed by atoms with Crippen LogP contribution >= 0.6 is 0 Å². The highest BCUT2D eigenvalue weighted by Crippen LogP contribution is 2.23. The van der Waals surface area contributed by atoms with Crippen molar-refractivity contribution in [2.24, 2.45) is 0 Å². The molecular formula is C11H18N4O3. The predicted molar refractivity (Wildman–Crippen MR) is 70.2 cm³/mol. The maximum Gasteiger partial charge on any atom is 0.276 e. The standard InChI is InChI=1S/C11H18N4O3/c1-8(7-18-4)14(3)11-6-9(15(16)17)5-10(12-2)13-11/h5-6,8H,7H2,1-4H3,(H,12,13). The number of nitro groups is 1. The molecule has 1 N–H and O–H groups in total. The number of pyridine rings is 1. The molecule has 0 radical (unpaired) electrons. The highest BCUT2D eigenvalue weighted by atomic mass is 16.6. The molecule has 0 amide bonds. The zero-order valence-corrected chi connectivity index (χ0v) is 11.0. The van der Waals surface area contributed by atoms with Crippen molar-refractivity contribution in [1.29, 1.82) is 0 Å². The van der Waals surface area contributed by atoms with Crippen molar-refractivity contribution < 1.29 is 9.66 Å². The Hall–Kier alpha value is -1.89. The maximum absolute atomic E-state index is 10.8. The molecule has 0 saturated heterocycles. The minimum Gasteiger partial charge on any atom is -0.383 e. The summed E-state index contributed by atoms with van der Waals surface area (Å²) in [6.07, 6.45) is 0. The van der Waals surface area contributed by atoms with Gasteiger partial charge in [0.15, 0.2) is 0 Å². The van der Waals surface area contributed by atoms with Gasteiger partial charge >= 0.3 is 0 Å². The van der Waals surface area contributed by atoms with E-state index in [2.05, 4.69) is 10.3 Å². The number of anilines is 2. The summed E-state index contributed by atoms with van der Waals surface area (Å²) < 4.78 is 5.06. The van der Waals surface area contributed by atoms with Crippen molar-refractivity contribution in [2.75, 3.05) is 38.0 Å². The van der Waals surface area contributed by atoms with Crippen LogP contribution < -0.4 is 10.2 Å². The zero-order valence-electron chi connectivity index (χ0n) is 11.0. The normalized spacial score (nSPS) is 12.0. The molecule has 7 heteroatoms. The van der Waals surface area contributed by atoms with Crippen LogP contribution in [0.25, 0.3) is 0 Å². The Morgan fingerprint density at radius 2 is 2.28 bits per heavy atom. The van der Waals surface area contributed by atoms with Crippen LogP contribution in [0, 0.1) is 10.1 Å². The topological polar surface area (TPSA) is 80.5 Å². The molecule has 1 aromatic rings. The van der Waals surface area contributed by atoms with Gasteiger partial charge in [0, 0.05) is 21.2 Å². The van der Waals surface area contributed by atoms with E-state index < -0.39 is 4.92 Å². The number of nitrogens with one attached hydrogen (secondary N) is 1. The fourth-order valence-electron chi connectivity index (χ4n) is 1.49. The third-order valence-electron chi connectivity index (χ3n) is 2.69. The molecule has 0 aliphatic rings. The molecule has 0 aliphatic carbocycles. The number of rotatable bonds is 6. The van der Waals surface area contributed by atoms with Crippen LogP contribution in [-0.2, 0) is 4.74 Å². The monoisotopic (exact) mass is 254 g/mol. The van der Waals surface area contributed by atoms with Gasteiger partial charge in [0.05, 0.1) is 29.7 Å². The maximum atomic E-state index is 10.8. The van der Waals surface area contributed by atoms with Gasteiger partial charge in [-0.2, -0.15) is 0 Å². The summed E-state index contributed by atoms with van der Waals surface area (Å²) in [6.45, 7) is 2.48. The van der Waals surface area contributed by atoms with E-state index in [1.54, 1.807) is 14.2 Å². The van der Waals surface area contributed by atoms with Gasteiger partial charge < -0.3 is 15.0 Å². The Bertz CT molecular complexity index is 425. The van der Waals surface area contributed by atoms with E-state index in [1.807, 2.05) is 18.9 Å². The first-order chi connectivity index (χ1) is 8.49. The second-order valence-electron chi connectivity index (χ2n) is 3.99. The highest BCUT2D eigenvalue weighted by molar-refractivity contribution is 5.55. The molecule has 0 aromatic carbocycles. The first-order valence-electron chi connectivity index (χ1n) is 5.55. The third-order valence-corrected chi connectivity index (χ3v) is 2.69. The summed E-state index contributed by atoms with van der Waals surface area (Å²) in [5.41, 5.74) is 0.0146. The Morgan fingerprint density at radius 3 is 2.78 bits per heavy atom. The van der Waals surface area contributed by atoms with E-state index in [0.29, 0.717) is 18.2 Å². The number of ether oxygens (including phenoxy) is 1.